The number of hydrogen-bond acceptors (Lipinski definition) is 5. The van der Waals surface area contributed by atoms with Gasteiger partial charge in [0.25, 0.3) is 5.91 Å². The Bertz CT molecular complexity index is 763. The lowest BCUT2D eigenvalue weighted by Gasteiger charge is -2.11. The van der Waals surface area contributed by atoms with Crippen LogP contribution in [0, 0.1) is 0 Å². The number of carbonyl (C=O) groups is 2. The monoisotopic (exact) mass is 338 g/mol. The molecule has 2 aromatic rings. The quantitative estimate of drug-likeness (QED) is 0.697. The van der Waals surface area contributed by atoms with Crippen LogP contribution in [0.1, 0.15) is 23.8 Å². The van der Waals surface area contributed by atoms with Crippen LogP contribution >= 0.6 is 11.6 Å². The number of halogens is 1. The molecule has 0 aliphatic heterocycles. The van der Waals surface area contributed by atoms with E-state index in [2.05, 4.69) is 10.3 Å². The maximum absolute atomic E-state index is 11.9. The Balaban J connectivity index is 2.44. The second kappa shape index (κ2) is 7.15. The molecule has 0 aliphatic rings. The molecule has 23 heavy (non-hydrogen) atoms. The van der Waals surface area contributed by atoms with E-state index in [1.54, 1.807) is 18.2 Å². The topological polar surface area (TPSA) is 109 Å². The van der Waals surface area contributed by atoms with Gasteiger partial charge >= 0.3 is 5.97 Å². The Morgan fingerprint density at radius 2 is 2.09 bits per heavy atom. The van der Waals surface area contributed by atoms with Crippen LogP contribution in [0.15, 0.2) is 18.2 Å². The van der Waals surface area contributed by atoms with Gasteiger partial charge in [-0.05, 0) is 24.6 Å². The molecule has 2 rings (SSSR count). The lowest BCUT2D eigenvalue weighted by atomic mass is 10.1. The van der Waals surface area contributed by atoms with Gasteiger partial charge in [0.1, 0.15) is 17.4 Å². The van der Waals surface area contributed by atoms with E-state index in [-0.39, 0.29) is 16.6 Å². The van der Waals surface area contributed by atoms with E-state index in [0.717, 1.165) is 6.42 Å². The molecule has 1 aromatic heterocycles. The fourth-order valence-corrected chi connectivity index (χ4v) is 2.20. The molecule has 1 aromatic carbocycles. The first kappa shape index (κ1) is 16.8. The molecule has 0 atom stereocenters. The highest BCUT2D eigenvalue weighted by Crippen LogP contribution is 2.34. The van der Waals surface area contributed by atoms with Crippen LogP contribution in [0.3, 0.4) is 0 Å². The summed E-state index contributed by atoms with van der Waals surface area (Å²) in [5.74, 6) is -1.89. The number of amides is 1. The predicted molar refractivity (Wildman–Crippen MR) is 84.2 cm³/mol. The van der Waals surface area contributed by atoms with Crippen molar-refractivity contribution >= 4 is 34.2 Å². The van der Waals surface area contributed by atoms with Gasteiger partial charge in [-0.15, -0.1) is 0 Å². The lowest BCUT2D eigenvalue weighted by Crippen LogP contribution is -2.30. The Morgan fingerprint density at radius 1 is 1.35 bits per heavy atom. The SMILES string of the molecule is CCCOc1ccc2c(Cl)nc(C(=O)NCC(=O)O)c(O)c2c1. The zero-order valence-electron chi connectivity index (χ0n) is 12.3. The number of rotatable bonds is 6. The molecule has 0 fully saturated rings. The van der Waals surface area contributed by atoms with Gasteiger partial charge in [-0.3, -0.25) is 9.59 Å². The van der Waals surface area contributed by atoms with E-state index in [9.17, 15) is 14.7 Å². The Kier molecular flexibility index (Phi) is 5.23. The smallest absolute Gasteiger partial charge is 0.322 e. The summed E-state index contributed by atoms with van der Waals surface area (Å²) in [6.45, 7) is 1.89. The molecule has 0 bridgehead atoms. The van der Waals surface area contributed by atoms with Crippen molar-refractivity contribution in [3.05, 3.63) is 29.0 Å². The first-order valence-electron chi connectivity index (χ1n) is 6.89. The average Bonchev–Trinajstić information content (AvgIpc) is 2.53. The maximum atomic E-state index is 11.9. The summed E-state index contributed by atoms with van der Waals surface area (Å²) in [7, 11) is 0. The van der Waals surface area contributed by atoms with Crippen LogP contribution in [0.2, 0.25) is 5.15 Å². The van der Waals surface area contributed by atoms with E-state index >= 15 is 0 Å². The highest BCUT2D eigenvalue weighted by Gasteiger charge is 2.19. The van der Waals surface area contributed by atoms with Crippen LogP contribution in [-0.4, -0.2) is 40.2 Å². The number of ether oxygens (including phenoxy) is 1. The first-order chi connectivity index (χ1) is 10.9. The van der Waals surface area contributed by atoms with E-state index in [1.165, 1.54) is 0 Å². The summed E-state index contributed by atoms with van der Waals surface area (Å²) in [4.78, 5) is 26.3. The van der Waals surface area contributed by atoms with E-state index in [0.29, 0.717) is 23.1 Å². The molecule has 8 heteroatoms. The van der Waals surface area contributed by atoms with Gasteiger partial charge in [0.2, 0.25) is 0 Å². The first-order valence-corrected chi connectivity index (χ1v) is 7.26. The predicted octanol–water partition coefficient (Wildman–Crippen LogP) is 2.20. The van der Waals surface area contributed by atoms with Crippen molar-refractivity contribution < 1.29 is 24.5 Å². The minimum absolute atomic E-state index is 0.0281. The van der Waals surface area contributed by atoms with E-state index < -0.39 is 18.4 Å². The van der Waals surface area contributed by atoms with Gasteiger partial charge in [-0.1, -0.05) is 18.5 Å². The van der Waals surface area contributed by atoms with Gasteiger partial charge in [0.05, 0.1) is 6.61 Å². The number of nitrogens with one attached hydrogen (secondary N) is 1. The van der Waals surface area contributed by atoms with Crippen LogP contribution in [0.5, 0.6) is 11.5 Å². The van der Waals surface area contributed by atoms with Gasteiger partial charge in [-0.25, -0.2) is 4.98 Å². The third-order valence-corrected chi connectivity index (χ3v) is 3.28. The highest BCUT2D eigenvalue weighted by atomic mass is 35.5. The second-order valence-electron chi connectivity index (χ2n) is 4.73. The molecule has 0 spiro atoms. The number of hydrogen-bond donors (Lipinski definition) is 3. The number of aromatic hydroxyl groups is 1. The number of pyridine rings is 1. The zero-order valence-corrected chi connectivity index (χ0v) is 13.1. The Morgan fingerprint density at radius 3 is 2.74 bits per heavy atom. The molecular weight excluding hydrogens is 324 g/mol. The number of carbonyl (C=O) groups excluding carboxylic acids is 1. The molecule has 0 saturated heterocycles. The van der Waals surface area contributed by atoms with Crippen molar-refractivity contribution in [1.82, 2.24) is 10.3 Å². The van der Waals surface area contributed by atoms with Crippen LogP contribution < -0.4 is 10.1 Å². The van der Waals surface area contributed by atoms with Crippen molar-refractivity contribution in [1.29, 1.82) is 0 Å². The Hall–Kier alpha value is -2.54. The molecule has 1 amide bonds. The van der Waals surface area contributed by atoms with E-state index in [1.807, 2.05) is 6.92 Å². The number of carboxylic acid groups (broad SMARTS) is 1. The number of fused-ring (bicyclic) bond motifs is 1. The van der Waals surface area contributed by atoms with Gasteiger partial charge < -0.3 is 20.3 Å². The number of benzene rings is 1. The lowest BCUT2D eigenvalue weighted by molar-refractivity contribution is -0.135. The van der Waals surface area contributed by atoms with Crippen LogP contribution in [0.4, 0.5) is 0 Å². The largest absolute Gasteiger partial charge is 0.505 e. The normalized spacial score (nSPS) is 10.5. The zero-order chi connectivity index (χ0) is 17.0. The third kappa shape index (κ3) is 3.81. The summed E-state index contributed by atoms with van der Waals surface area (Å²) < 4.78 is 5.48. The Labute approximate surface area is 136 Å². The van der Waals surface area contributed by atoms with Crippen LogP contribution in [0.25, 0.3) is 10.8 Å². The average molecular weight is 339 g/mol. The van der Waals surface area contributed by atoms with Gasteiger partial charge in [0.15, 0.2) is 11.4 Å². The van der Waals surface area contributed by atoms with E-state index in [4.69, 9.17) is 21.4 Å². The van der Waals surface area contributed by atoms with Gasteiger partial charge in [0, 0.05) is 10.8 Å². The molecular formula is C15H15ClN2O5. The maximum Gasteiger partial charge on any atom is 0.322 e. The molecule has 0 saturated carbocycles. The fraction of sp³-hybridized carbons (Fsp3) is 0.267. The summed E-state index contributed by atoms with van der Waals surface area (Å²) >= 11 is 6.04. The van der Waals surface area contributed by atoms with Crippen molar-refractivity contribution in [2.45, 2.75) is 13.3 Å². The van der Waals surface area contributed by atoms with Crippen molar-refractivity contribution in [2.75, 3.05) is 13.2 Å². The molecule has 122 valence electrons. The number of aliphatic carboxylic acids is 1. The number of aromatic nitrogens is 1. The van der Waals surface area contributed by atoms with Crippen molar-refractivity contribution in [2.24, 2.45) is 0 Å². The molecule has 3 N–H and O–H groups in total. The minimum atomic E-state index is -1.21. The molecule has 0 unspecified atom stereocenters. The third-order valence-electron chi connectivity index (χ3n) is 2.99. The minimum Gasteiger partial charge on any atom is -0.505 e. The molecule has 1 heterocycles. The summed E-state index contributed by atoms with van der Waals surface area (Å²) in [6.07, 6.45) is 0.823. The van der Waals surface area contributed by atoms with Crippen molar-refractivity contribution in [3.8, 4) is 11.5 Å². The van der Waals surface area contributed by atoms with Crippen molar-refractivity contribution in [3.63, 3.8) is 0 Å². The fourth-order valence-electron chi connectivity index (χ4n) is 1.95. The second-order valence-corrected chi connectivity index (χ2v) is 5.09. The molecule has 7 nitrogen and oxygen atoms in total. The van der Waals surface area contributed by atoms with Crippen LogP contribution in [-0.2, 0) is 4.79 Å². The molecule has 0 radical (unpaired) electrons. The number of nitrogens with zero attached hydrogens (tertiary/aromatic N) is 1. The standard InChI is InChI=1S/C15H15ClN2O5/c1-2-5-23-8-3-4-9-10(6-8)13(21)12(18-14(9)16)15(22)17-7-11(19)20/h3-4,6,21H,2,5,7H2,1H3,(H,17,22)(H,19,20). The summed E-state index contributed by atoms with van der Waals surface area (Å²) in [5.41, 5.74) is -0.337. The number of carboxylic acids is 1. The molecule has 0 aliphatic carbocycles. The summed E-state index contributed by atoms with van der Waals surface area (Å²) in [6, 6.07) is 4.88. The highest BCUT2D eigenvalue weighted by molar-refractivity contribution is 6.35. The van der Waals surface area contributed by atoms with Gasteiger partial charge in [-0.2, -0.15) is 0 Å². The summed E-state index contributed by atoms with van der Waals surface area (Å²) in [5, 5.41) is 21.8.